The second-order valence-corrected chi connectivity index (χ2v) is 6.13. The molecule has 0 fully saturated rings. The highest BCUT2D eigenvalue weighted by molar-refractivity contribution is 6.09. The molecule has 0 aromatic heterocycles. The lowest BCUT2D eigenvalue weighted by Crippen LogP contribution is -2.24. The first-order chi connectivity index (χ1) is 9.87. The van der Waals surface area contributed by atoms with Gasteiger partial charge in [0, 0.05) is 12.0 Å². The number of carbonyl (C=O) groups excluding carboxylic acids is 1. The number of carbonyl (C=O) groups is 1. The van der Waals surface area contributed by atoms with Gasteiger partial charge in [0.25, 0.3) is 0 Å². The summed E-state index contributed by atoms with van der Waals surface area (Å²) in [6.45, 7) is 5.68. The Kier molecular flexibility index (Phi) is 3.08. The molecule has 0 saturated carbocycles. The van der Waals surface area contributed by atoms with Gasteiger partial charge < -0.3 is 4.74 Å². The Balaban J connectivity index is 1.99. The molecule has 0 amide bonds. The van der Waals surface area contributed by atoms with Crippen LogP contribution >= 0.6 is 0 Å². The molecule has 0 bridgehead atoms. The summed E-state index contributed by atoms with van der Waals surface area (Å²) in [5.41, 5.74) is 1.84. The molecule has 0 aliphatic carbocycles. The molecule has 0 atom stereocenters. The monoisotopic (exact) mass is 284 g/mol. The molecule has 108 valence electrons. The Bertz CT molecular complexity index is 732. The number of hydrogen-bond acceptors (Lipinski definition) is 2. The quantitative estimate of drug-likeness (QED) is 0.777. The first-order valence-corrected chi connectivity index (χ1v) is 6.99. The topological polar surface area (TPSA) is 26.3 Å². The average Bonchev–Trinajstić information content (AvgIpc) is 2.73. The lowest BCUT2D eigenvalue weighted by atomic mass is 9.96. The van der Waals surface area contributed by atoms with Crippen LogP contribution in [0.2, 0.25) is 0 Å². The smallest absolute Gasteiger partial charge is 0.195 e. The molecule has 2 aromatic rings. The fourth-order valence-corrected chi connectivity index (χ4v) is 2.73. The van der Waals surface area contributed by atoms with Gasteiger partial charge in [-0.15, -0.1) is 0 Å². The Hall–Kier alpha value is -2.16. The van der Waals surface area contributed by atoms with Crippen molar-refractivity contribution < 1.29 is 13.9 Å². The second kappa shape index (κ2) is 4.69. The molecular weight excluding hydrogens is 267 g/mol. The van der Waals surface area contributed by atoms with Gasteiger partial charge in [0.1, 0.15) is 17.2 Å². The van der Waals surface area contributed by atoms with Crippen molar-refractivity contribution in [3.8, 4) is 5.75 Å². The SMILES string of the molecule is Cc1cccc(C(=O)c2ccc3c(c2)CC(C)(C)O3)c1F. The van der Waals surface area contributed by atoms with E-state index in [9.17, 15) is 9.18 Å². The predicted octanol–water partition coefficient (Wildman–Crippen LogP) is 4.08. The molecule has 3 rings (SSSR count). The molecule has 0 radical (unpaired) electrons. The maximum absolute atomic E-state index is 14.1. The summed E-state index contributed by atoms with van der Waals surface area (Å²) in [4.78, 5) is 12.5. The van der Waals surface area contributed by atoms with E-state index in [1.54, 1.807) is 31.2 Å². The number of hydrogen-bond donors (Lipinski definition) is 0. The van der Waals surface area contributed by atoms with Crippen LogP contribution < -0.4 is 4.74 Å². The minimum atomic E-state index is -0.445. The number of halogens is 1. The van der Waals surface area contributed by atoms with Gasteiger partial charge in [-0.05, 0) is 56.2 Å². The summed E-state index contributed by atoms with van der Waals surface area (Å²) in [5.74, 6) is 0.0737. The van der Waals surface area contributed by atoms with Crippen LogP contribution in [0.3, 0.4) is 0 Å². The Morgan fingerprint density at radius 1 is 1.24 bits per heavy atom. The highest BCUT2D eigenvalue weighted by Crippen LogP contribution is 2.35. The first-order valence-electron chi connectivity index (χ1n) is 6.99. The third kappa shape index (κ3) is 2.44. The van der Waals surface area contributed by atoms with Crippen molar-refractivity contribution in [2.24, 2.45) is 0 Å². The normalized spacial score (nSPS) is 15.4. The van der Waals surface area contributed by atoms with Crippen LogP contribution in [0.5, 0.6) is 5.75 Å². The van der Waals surface area contributed by atoms with E-state index in [0.29, 0.717) is 11.1 Å². The number of benzene rings is 2. The zero-order valence-corrected chi connectivity index (χ0v) is 12.4. The van der Waals surface area contributed by atoms with Crippen molar-refractivity contribution in [1.29, 1.82) is 0 Å². The van der Waals surface area contributed by atoms with E-state index in [0.717, 1.165) is 17.7 Å². The van der Waals surface area contributed by atoms with Gasteiger partial charge in [-0.3, -0.25) is 4.79 Å². The van der Waals surface area contributed by atoms with Crippen molar-refractivity contribution in [3.63, 3.8) is 0 Å². The third-order valence-electron chi connectivity index (χ3n) is 3.76. The van der Waals surface area contributed by atoms with Crippen molar-refractivity contribution in [2.45, 2.75) is 32.8 Å². The molecule has 1 aliphatic heterocycles. The van der Waals surface area contributed by atoms with Gasteiger partial charge in [-0.25, -0.2) is 4.39 Å². The molecule has 21 heavy (non-hydrogen) atoms. The van der Waals surface area contributed by atoms with Crippen molar-refractivity contribution in [1.82, 2.24) is 0 Å². The Morgan fingerprint density at radius 2 is 2.00 bits per heavy atom. The second-order valence-electron chi connectivity index (χ2n) is 6.13. The molecule has 0 saturated heterocycles. The first kappa shape index (κ1) is 13.8. The van der Waals surface area contributed by atoms with Crippen molar-refractivity contribution in [2.75, 3.05) is 0 Å². The van der Waals surface area contributed by atoms with Gasteiger partial charge in [0.2, 0.25) is 0 Å². The van der Waals surface area contributed by atoms with Crippen LogP contribution in [0.25, 0.3) is 0 Å². The fraction of sp³-hybridized carbons (Fsp3) is 0.278. The third-order valence-corrected chi connectivity index (χ3v) is 3.76. The van der Waals surface area contributed by atoms with Crippen LogP contribution in [-0.2, 0) is 6.42 Å². The van der Waals surface area contributed by atoms with Gasteiger partial charge >= 0.3 is 0 Å². The molecule has 1 aliphatic rings. The Morgan fingerprint density at radius 3 is 2.76 bits per heavy atom. The van der Waals surface area contributed by atoms with E-state index in [2.05, 4.69) is 0 Å². The van der Waals surface area contributed by atoms with E-state index < -0.39 is 5.82 Å². The summed E-state index contributed by atoms with van der Waals surface area (Å²) >= 11 is 0. The number of ether oxygens (including phenoxy) is 1. The average molecular weight is 284 g/mol. The fourth-order valence-electron chi connectivity index (χ4n) is 2.73. The van der Waals surface area contributed by atoms with Crippen LogP contribution in [-0.4, -0.2) is 11.4 Å². The van der Waals surface area contributed by atoms with Gasteiger partial charge in [0.05, 0.1) is 5.56 Å². The molecular formula is C18H17FO2. The summed E-state index contributed by atoms with van der Waals surface area (Å²) in [7, 11) is 0. The van der Waals surface area contributed by atoms with Crippen LogP contribution in [0.1, 0.15) is 40.9 Å². The summed E-state index contributed by atoms with van der Waals surface area (Å²) in [6.07, 6.45) is 0.750. The van der Waals surface area contributed by atoms with E-state index in [1.807, 2.05) is 19.9 Å². The molecule has 0 spiro atoms. The van der Waals surface area contributed by atoms with Crippen molar-refractivity contribution in [3.05, 3.63) is 64.5 Å². The number of aryl methyl sites for hydroxylation is 1. The van der Waals surface area contributed by atoms with E-state index in [4.69, 9.17) is 4.74 Å². The minimum absolute atomic E-state index is 0.119. The summed E-state index contributed by atoms with van der Waals surface area (Å²) in [5, 5.41) is 0. The maximum atomic E-state index is 14.1. The van der Waals surface area contributed by atoms with Crippen LogP contribution in [0, 0.1) is 12.7 Å². The van der Waals surface area contributed by atoms with Crippen LogP contribution in [0.15, 0.2) is 36.4 Å². The van der Waals surface area contributed by atoms with E-state index in [1.165, 1.54) is 6.07 Å². The van der Waals surface area contributed by atoms with Gasteiger partial charge in [-0.2, -0.15) is 0 Å². The number of fused-ring (bicyclic) bond motifs is 1. The molecule has 2 nitrogen and oxygen atoms in total. The standard InChI is InChI=1S/C18H17FO2/c1-11-5-4-6-14(16(11)19)17(20)12-7-8-15-13(9-12)10-18(2,3)21-15/h4-9H,10H2,1-3H3. The van der Waals surface area contributed by atoms with E-state index in [-0.39, 0.29) is 16.9 Å². The maximum Gasteiger partial charge on any atom is 0.195 e. The number of rotatable bonds is 2. The predicted molar refractivity (Wildman–Crippen MR) is 79.4 cm³/mol. The summed E-state index contributed by atoms with van der Waals surface area (Å²) < 4.78 is 19.9. The lowest BCUT2D eigenvalue weighted by molar-refractivity contribution is 0.103. The molecule has 3 heteroatoms. The molecule has 2 aromatic carbocycles. The highest BCUT2D eigenvalue weighted by Gasteiger charge is 2.30. The highest BCUT2D eigenvalue weighted by atomic mass is 19.1. The molecule has 1 heterocycles. The zero-order chi connectivity index (χ0) is 15.2. The zero-order valence-electron chi connectivity index (χ0n) is 12.4. The van der Waals surface area contributed by atoms with Crippen molar-refractivity contribution >= 4 is 5.78 Å². The lowest BCUT2D eigenvalue weighted by Gasteiger charge is -2.16. The largest absolute Gasteiger partial charge is 0.487 e. The van der Waals surface area contributed by atoms with Gasteiger partial charge in [0.15, 0.2) is 5.78 Å². The number of ketones is 1. The molecule has 0 unspecified atom stereocenters. The van der Waals surface area contributed by atoms with Crippen LogP contribution in [0.4, 0.5) is 4.39 Å². The summed E-state index contributed by atoms with van der Waals surface area (Å²) in [6, 6.07) is 10.2. The van der Waals surface area contributed by atoms with Gasteiger partial charge in [-0.1, -0.05) is 12.1 Å². The molecule has 0 N–H and O–H groups in total. The Labute approximate surface area is 123 Å². The van der Waals surface area contributed by atoms with E-state index >= 15 is 0 Å². The minimum Gasteiger partial charge on any atom is -0.487 e.